The van der Waals surface area contributed by atoms with Gasteiger partial charge >= 0.3 is 5.97 Å². The van der Waals surface area contributed by atoms with Crippen molar-refractivity contribution in [2.45, 2.75) is 33.4 Å². The Morgan fingerprint density at radius 1 is 1.08 bits per heavy atom. The molecule has 1 aromatic heterocycles. The second kappa shape index (κ2) is 10.8. The van der Waals surface area contributed by atoms with Crippen LogP contribution in [-0.4, -0.2) is 39.7 Å². The number of benzene rings is 2. The number of nitrogens with zero attached hydrogens (tertiary/aromatic N) is 2. The molecule has 1 aliphatic heterocycles. The number of amides is 2. The van der Waals surface area contributed by atoms with Gasteiger partial charge in [0.1, 0.15) is 18.4 Å². The van der Waals surface area contributed by atoms with Gasteiger partial charge in [-0.25, -0.2) is 4.79 Å². The lowest BCUT2D eigenvalue weighted by molar-refractivity contribution is -0.148. The normalized spacial score (nSPS) is 15.5. The molecular weight excluding hydrogens is 544 g/mol. The number of ether oxygens (including phenoxy) is 2. The molecule has 9 heteroatoms. The fourth-order valence-corrected chi connectivity index (χ4v) is 5.16. The van der Waals surface area contributed by atoms with Gasteiger partial charge in [-0.2, -0.15) is 0 Å². The molecule has 1 atom stereocenters. The summed E-state index contributed by atoms with van der Waals surface area (Å²) in [7, 11) is 1.23. The van der Waals surface area contributed by atoms with E-state index in [1.165, 1.54) is 14.0 Å². The second-order valence-corrected chi connectivity index (χ2v) is 10.2. The molecule has 1 saturated heterocycles. The van der Waals surface area contributed by atoms with Gasteiger partial charge in [-0.15, -0.1) is 0 Å². The zero-order valence-corrected chi connectivity index (χ0v) is 22.7. The van der Waals surface area contributed by atoms with Gasteiger partial charge in [0.05, 0.1) is 12.0 Å². The number of carbonyl (C=O) groups excluding carboxylic acids is 3. The van der Waals surface area contributed by atoms with Crippen LogP contribution in [0.25, 0.3) is 11.8 Å². The summed E-state index contributed by atoms with van der Waals surface area (Å²) in [6.07, 6.45) is 1.70. The summed E-state index contributed by atoms with van der Waals surface area (Å²) in [6, 6.07) is 16.8. The molecule has 0 N–H and O–H groups in total. The Kier molecular flexibility index (Phi) is 7.70. The predicted molar refractivity (Wildman–Crippen MR) is 143 cm³/mol. The predicted octanol–water partition coefficient (Wildman–Crippen LogP) is 6.03. The van der Waals surface area contributed by atoms with Crippen LogP contribution >= 0.6 is 27.7 Å². The molecular formula is C27H25BrN2O5S. The van der Waals surface area contributed by atoms with E-state index in [1.54, 1.807) is 6.08 Å². The Morgan fingerprint density at radius 2 is 1.75 bits per heavy atom. The highest BCUT2D eigenvalue weighted by molar-refractivity contribution is 9.10. The average molecular weight is 569 g/mol. The van der Waals surface area contributed by atoms with Gasteiger partial charge in [0.25, 0.3) is 11.1 Å². The number of methoxy groups -OCH3 is 1. The number of hydrogen-bond donors (Lipinski definition) is 0. The van der Waals surface area contributed by atoms with E-state index in [-0.39, 0.29) is 4.91 Å². The fourth-order valence-electron chi connectivity index (χ4n) is 4.00. The largest absolute Gasteiger partial charge is 0.489 e. The molecule has 0 unspecified atom stereocenters. The minimum absolute atomic E-state index is 0.271. The number of aryl methyl sites for hydroxylation is 1. The Bertz CT molecular complexity index is 1350. The third kappa shape index (κ3) is 5.27. The third-order valence-corrected chi connectivity index (χ3v) is 7.34. The molecule has 0 saturated carbocycles. The molecule has 0 radical (unpaired) electrons. The van der Waals surface area contributed by atoms with Gasteiger partial charge in [-0.3, -0.25) is 14.5 Å². The fraction of sp³-hybridized carbons (Fsp3) is 0.222. The van der Waals surface area contributed by atoms with E-state index in [4.69, 9.17) is 4.74 Å². The highest BCUT2D eigenvalue weighted by Gasteiger charge is 2.41. The van der Waals surface area contributed by atoms with Gasteiger partial charge in [-0.05, 0) is 92.2 Å². The van der Waals surface area contributed by atoms with Crippen molar-refractivity contribution in [3.05, 3.63) is 86.5 Å². The zero-order valence-electron chi connectivity index (χ0n) is 20.3. The van der Waals surface area contributed by atoms with Crippen molar-refractivity contribution < 1.29 is 23.9 Å². The monoisotopic (exact) mass is 568 g/mol. The van der Waals surface area contributed by atoms with E-state index in [0.717, 1.165) is 55.1 Å². The second-order valence-electron chi connectivity index (χ2n) is 8.32. The molecule has 2 amide bonds. The van der Waals surface area contributed by atoms with Crippen LogP contribution in [0.4, 0.5) is 4.79 Å². The summed E-state index contributed by atoms with van der Waals surface area (Å²) < 4.78 is 13.7. The van der Waals surface area contributed by atoms with Crippen molar-refractivity contribution in [3.8, 4) is 11.4 Å². The van der Waals surface area contributed by atoms with Crippen LogP contribution in [0.5, 0.6) is 5.75 Å². The lowest BCUT2D eigenvalue weighted by Gasteiger charge is -2.18. The van der Waals surface area contributed by atoms with E-state index in [0.29, 0.717) is 6.61 Å². The van der Waals surface area contributed by atoms with Gasteiger partial charge in [-0.1, -0.05) is 28.1 Å². The summed E-state index contributed by atoms with van der Waals surface area (Å²) >= 11 is 4.25. The molecule has 0 spiro atoms. The summed E-state index contributed by atoms with van der Waals surface area (Å²) in [5.74, 6) is -0.376. The first kappa shape index (κ1) is 25.8. The number of rotatable bonds is 7. The Balaban J connectivity index is 1.52. The van der Waals surface area contributed by atoms with Gasteiger partial charge < -0.3 is 14.0 Å². The maximum Gasteiger partial charge on any atom is 0.328 e. The van der Waals surface area contributed by atoms with E-state index < -0.39 is 23.2 Å². The zero-order chi connectivity index (χ0) is 26.0. The minimum atomic E-state index is -0.981. The maximum absolute atomic E-state index is 12.9. The van der Waals surface area contributed by atoms with E-state index >= 15 is 0 Å². The third-order valence-electron chi connectivity index (χ3n) is 5.92. The first-order valence-corrected chi connectivity index (χ1v) is 12.8. The van der Waals surface area contributed by atoms with Crippen molar-refractivity contribution in [2.75, 3.05) is 7.11 Å². The molecule has 1 aliphatic rings. The quantitative estimate of drug-likeness (QED) is 0.255. The standard InChI is InChI=1S/C27H25BrN2O5S/c1-16-13-20(14-24-25(31)30(27(33)36-24)18(3)26(32)34-4)17(2)29(16)22-9-11-23(12-10-22)35-15-19-5-7-21(28)8-6-19/h5-14,18H,15H2,1-4H3/b24-14+/t18-/m0/s1. The summed E-state index contributed by atoms with van der Waals surface area (Å²) in [5.41, 5.74) is 4.75. The molecule has 2 aromatic carbocycles. The lowest BCUT2D eigenvalue weighted by Crippen LogP contribution is -2.42. The smallest absolute Gasteiger partial charge is 0.328 e. The average Bonchev–Trinajstić information content (AvgIpc) is 3.31. The number of hydrogen-bond acceptors (Lipinski definition) is 6. The van der Waals surface area contributed by atoms with Crippen molar-refractivity contribution in [1.29, 1.82) is 0 Å². The molecule has 2 heterocycles. The topological polar surface area (TPSA) is 77.8 Å². The van der Waals surface area contributed by atoms with Gasteiger partial charge in [0.2, 0.25) is 0 Å². The number of imide groups is 1. The summed E-state index contributed by atoms with van der Waals surface area (Å²) in [5, 5.41) is -0.489. The van der Waals surface area contributed by atoms with Crippen molar-refractivity contribution in [3.63, 3.8) is 0 Å². The number of thioether (sulfide) groups is 1. The van der Waals surface area contributed by atoms with Gasteiger partial charge in [0.15, 0.2) is 0 Å². The molecule has 3 aromatic rings. The lowest BCUT2D eigenvalue weighted by atomic mass is 10.2. The first-order chi connectivity index (χ1) is 17.2. The molecule has 1 fully saturated rings. The molecule has 186 valence electrons. The Morgan fingerprint density at radius 3 is 2.39 bits per heavy atom. The van der Waals surface area contributed by atoms with Crippen LogP contribution in [-0.2, 0) is 20.9 Å². The van der Waals surface area contributed by atoms with E-state index in [1.807, 2.05) is 68.4 Å². The molecule has 0 bridgehead atoms. The molecule has 36 heavy (non-hydrogen) atoms. The highest BCUT2D eigenvalue weighted by Crippen LogP contribution is 2.35. The SMILES string of the molecule is COC(=O)[C@H](C)N1C(=O)S/C(=C/c2cc(C)n(-c3ccc(OCc4ccc(Br)cc4)cc3)c2C)C1=O. The van der Waals surface area contributed by atoms with Crippen molar-refractivity contribution in [1.82, 2.24) is 9.47 Å². The minimum Gasteiger partial charge on any atom is -0.489 e. The molecule has 7 nitrogen and oxygen atoms in total. The number of carbonyl (C=O) groups is 3. The Labute approximate surface area is 222 Å². The van der Waals surface area contributed by atoms with E-state index in [9.17, 15) is 14.4 Å². The Hall–Kier alpha value is -3.30. The summed E-state index contributed by atoms with van der Waals surface area (Å²) in [4.78, 5) is 38.3. The maximum atomic E-state index is 12.9. The molecule has 4 rings (SSSR count). The van der Waals surface area contributed by atoms with Crippen LogP contribution < -0.4 is 4.74 Å². The van der Waals surface area contributed by atoms with Crippen molar-refractivity contribution in [2.24, 2.45) is 0 Å². The number of aromatic nitrogens is 1. The van der Waals surface area contributed by atoms with Crippen LogP contribution in [0.3, 0.4) is 0 Å². The van der Waals surface area contributed by atoms with Crippen LogP contribution in [0.1, 0.15) is 29.4 Å². The summed E-state index contributed by atoms with van der Waals surface area (Å²) in [6.45, 7) is 5.89. The van der Waals surface area contributed by atoms with Crippen LogP contribution in [0, 0.1) is 13.8 Å². The first-order valence-electron chi connectivity index (χ1n) is 11.2. The number of halogens is 1. The highest BCUT2D eigenvalue weighted by atomic mass is 79.9. The van der Waals surface area contributed by atoms with E-state index in [2.05, 4.69) is 25.2 Å². The number of esters is 1. The van der Waals surface area contributed by atoms with Gasteiger partial charge in [0, 0.05) is 21.5 Å². The van der Waals surface area contributed by atoms with Crippen LogP contribution in [0.15, 0.2) is 64.0 Å². The van der Waals surface area contributed by atoms with Crippen LogP contribution in [0.2, 0.25) is 0 Å². The molecule has 0 aliphatic carbocycles. The van der Waals surface area contributed by atoms with Crippen molar-refractivity contribution >= 4 is 50.9 Å².